The van der Waals surface area contributed by atoms with Crippen molar-refractivity contribution >= 4 is 11.5 Å². The Hall–Kier alpha value is -3.45. The molecule has 6 heteroatoms. The summed E-state index contributed by atoms with van der Waals surface area (Å²) in [5.41, 5.74) is 7.60. The van der Waals surface area contributed by atoms with Gasteiger partial charge in [-0.05, 0) is 77.4 Å². The highest BCUT2D eigenvalue weighted by Crippen LogP contribution is 2.34. The molecule has 1 heterocycles. The van der Waals surface area contributed by atoms with Crippen LogP contribution in [0.3, 0.4) is 0 Å². The van der Waals surface area contributed by atoms with Gasteiger partial charge in [0, 0.05) is 31.8 Å². The third-order valence-corrected chi connectivity index (χ3v) is 7.36. The number of rotatable bonds is 12. The number of amides is 1. The van der Waals surface area contributed by atoms with Crippen LogP contribution < -0.4 is 10.1 Å². The first-order chi connectivity index (χ1) is 19.2. The molecule has 1 fully saturated rings. The van der Waals surface area contributed by atoms with Crippen molar-refractivity contribution in [3.05, 3.63) is 95.1 Å². The van der Waals surface area contributed by atoms with Gasteiger partial charge in [0.1, 0.15) is 5.75 Å². The third kappa shape index (κ3) is 6.95. The summed E-state index contributed by atoms with van der Waals surface area (Å²) >= 11 is 0. The highest BCUT2D eigenvalue weighted by atomic mass is 16.5. The van der Waals surface area contributed by atoms with E-state index in [1.807, 2.05) is 18.2 Å². The maximum Gasteiger partial charge on any atom is 0.251 e. The Bertz CT molecular complexity index is 1300. The van der Waals surface area contributed by atoms with Gasteiger partial charge in [0.25, 0.3) is 5.91 Å². The molecule has 3 aromatic rings. The van der Waals surface area contributed by atoms with Crippen molar-refractivity contribution in [1.29, 1.82) is 0 Å². The molecule has 1 aliphatic carbocycles. The van der Waals surface area contributed by atoms with Crippen molar-refractivity contribution in [2.75, 3.05) is 40.5 Å². The van der Waals surface area contributed by atoms with Crippen molar-refractivity contribution in [2.24, 2.45) is 0 Å². The summed E-state index contributed by atoms with van der Waals surface area (Å²) in [4.78, 5) is 16.2. The Labute approximate surface area is 231 Å². The molecule has 0 atom stereocenters. The summed E-state index contributed by atoms with van der Waals surface area (Å²) in [7, 11) is 3.34. The molecule has 3 aromatic carbocycles. The Morgan fingerprint density at radius 3 is 2.44 bits per heavy atom. The van der Waals surface area contributed by atoms with E-state index in [0.29, 0.717) is 32.9 Å². The number of hydrogen-bond donors (Lipinski definition) is 1. The molecule has 0 bridgehead atoms. The molecular formula is C33H38N2O4. The van der Waals surface area contributed by atoms with E-state index in [1.165, 1.54) is 11.1 Å². The second kappa shape index (κ2) is 13.1. The fourth-order valence-corrected chi connectivity index (χ4v) is 5.20. The SMILES string of the molecule is COCCOCc1cc(CN(C(=O)C2=C(c3cccc(-c4ccccc4)c3)CCNC2)C2CC2)cc(OC)c1. The molecule has 0 aromatic heterocycles. The standard InChI is InChI=1S/C33H38N2O4/c1-37-15-16-39-23-25-17-24(18-30(19-25)38-2)22-35(29-11-12-29)33(36)32-21-34-14-13-31(32)28-10-6-9-27(20-28)26-7-4-3-5-8-26/h3-10,17-20,29,34H,11-16,21-23H2,1-2H3. The largest absolute Gasteiger partial charge is 0.497 e. The van der Waals surface area contributed by atoms with Crippen LogP contribution in [0.15, 0.2) is 78.4 Å². The zero-order valence-corrected chi connectivity index (χ0v) is 22.9. The zero-order valence-electron chi connectivity index (χ0n) is 22.9. The van der Waals surface area contributed by atoms with E-state index in [2.05, 4.69) is 64.8 Å². The summed E-state index contributed by atoms with van der Waals surface area (Å²) < 4.78 is 16.4. The second-order valence-corrected chi connectivity index (χ2v) is 10.2. The van der Waals surface area contributed by atoms with Gasteiger partial charge in [0.05, 0.1) is 26.9 Å². The summed E-state index contributed by atoms with van der Waals surface area (Å²) in [6, 6.07) is 25.4. The van der Waals surface area contributed by atoms with E-state index in [4.69, 9.17) is 14.2 Å². The summed E-state index contributed by atoms with van der Waals surface area (Å²) in [6.07, 6.45) is 2.92. The predicted molar refractivity (Wildman–Crippen MR) is 154 cm³/mol. The van der Waals surface area contributed by atoms with E-state index in [-0.39, 0.29) is 11.9 Å². The highest BCUT2D eigenvalue weighted by molar-refractivity contribution is 6.02. The quantitative estimate of drug-likeness (QED) is 0.318. The first-order valence-electron chi connectivity index (χ1n) is 13.8. The van der Waals surface area contributed by atoms with Gasteiger partial charge in [0.15, 0.2) is 0 Å². The number of carbonyl (C=O) groups is 1. The van der Waals surface area contributed by atoms with Crippen LogP contribution >= 0.6 is 0 Å². The molecule has 0 radical (unpaired) electrons. The number of benzene rings is 3. The van der Waals surface area contributed by atoms with Crippen LogP contribution in [-0.4, -0.2) is 57.4 Å². The zero-order chi connectivity index (χ0) is 27.0. The number of nitrogens with one attached hydrogen (secondary N) is 1. The lowest BCUT2D eigenvalue weighted by Crippen LogP contribution is -2.39. The van der Waals surface area contributed by atoms with Crippen molar-refractivity contribution in [2.45, 2.75) is 38.5 Å². The van der Waals surface area contributed by atoms with Gasteiger partial charge in [-0.25, -0.2) is 0 Å². The van der Waals surface area contributed by atoms with Crippen LogP contribution in [0.4, 0.5) is 0 Å². The fraction of sp³-hybridized carbons (Fsp3) is 0.364. The third-order valence-electron chi connectivity index (χ3n) is 7.36. The van der Waals surface area contributed by atoms with Crippen molar-refractivity contribution in [3.8, 4) is 16.9 Å². The number of nitrogens with zero attached hydrogens (tertiary/aromatic N) is 1. The van der Waals surface area contributed by atoms with Gasteiger partial charge in [-0.3, -0.25) is 4.79 Å². The summed E-state index contributed by atoms with van der Waals surface area (Å²) in [6.45, 7) is 3.57. The lowest BCUT2D eigenvalue weighted by molar-refractivity contribution is -0.128. The molecule has 0 unspecified atom stereocenters. The first kappa shape index (κ1) is 27.1. The molecule has 0 saturated heterocycles. The molecule has 1 saturated carbocycles. The van der Waals surface area contributed by atoms with E-state index in [0.717, 1.165) is 59.4 Å². The van der Waals surface area contributed by atoms with Gasteiger partial charge < -0.3 is 24.4 Å². The Kier molecular flexibility index (Phi) is 9.09. The van der Waals surface area contributed by atoms with Crippen molar-refractivity contribution in [1.82, 2.24) is 10.2 Å². The highest BCUT2D eigenvalue weighted by Gasteiger charge is 2.35. The number of carbonyl (C=O) groups excluding carboxylic acids is 1. The lowest BCUT2D eigenvalue weighted by Gasteiger charge is -2.28. The van der Waals surface area contributed by atoms with Gasteiger partial charge in [-0.15, -0.1) is 0 Å². The molecular weight excluding hydrogens is 488 g/mol. The maximum atomic E-state index is 14.2. The molecule has 39 heavy (non-hydrogen) atoms. The van der Waals surface area contributed by atoms with Crippen LogP contribution in [0.2, 0.25) is 0 Å². The molecule has 0 spiro atoms. The van der Waals surface area contributed by atoms with Crippen LogP contribution in [0.5, 0.6) is 5.75 Å². The van der Waals surface area contributed by atoms with Crippen molar-refractivity contribution < 1.29 is 19.0 Å². The molecule has 1 aliphatic heterocycles. The van der Waals surface area contributed by atoms with Crippen LogP contribution in [0, 0.1) is 0 Å². The second-order valence-electron chi connectivity index (χ2n) is 10.2. The van der Waals surface area contributed by atoms with E-state index in [1.54, 1.807) is 14.2 Å². The monoisotopic (exact) mass is 526 g/mol. The van der Waals surface area contributed by atoms with Gasteiger partial charge in [0.2, 0.25) is 0 Å². The molecule has 6 nitrogen and oxygen atoms in total. The molecule has 2 aliphatic rings. The topological polar surface area (TPSA) is 60.0 Å². The predicted octanol–water partition coefficient (Wildman–Crippen LogP) is 5.46. The van der Waals surface area contributed by atoms with Crippen LogP contribution in [0.1, 0.15) is 36.0 Å². The fourth-order valence-electron chi connectivity index (χ4n) is 5.20. The first-order valence-corrected chi connectivity index (χ1v) is 13.8. The van der Waals surface area contributed by atoms with Gasteiger partial charge in [-0.2, -0.15) is 0 Å². The number of hydrogen-bond acceptors (Lipinski definition) is 5. The van der Waals surface area contributed by atoms with Crippen LogP contribution in [-0.2, 0) is 27.4 Å². The lowest BCUT2D eigenvalue weighted by atomic mass is 9.91. The van der Waals surface area contributed by atoms with E-state index in [9.17, 15) is 4.79 Å². The Morgan fingerprint density at radius 1 is 0.897 bits per heavy atom. The number of methoxy groups -OCH3 is 2. The average Bonchev–Trinajstić information content (AvgIpc) is 3.84. The minimum Gasteiger partial charge on any atom is -0.497 e. The van der Waals surface area contributed by atoms with E-state index >= 15 is 0 Å². The molecule has 1 N–H and O–H groups in total. The summed E-state index contributed by atoms with van der Waals surface area (Å²) in [5.74, 6) is 0.906. The normalized spacial score (nSPS) is 15.3. The average molecular weight is 527 g/mol. The number of ether oxygens (including phenoxy) is 3. The smallest absolute Gasteiger partial charge is 0.251 e. The minimum atomic E-state index is 0.130. The Balaban J connectivity index is 1.41. The van der Waals surface area contributed by atoms with Gasteiger partial charge >= 0.3 is 0 Å². The van der Waals surface area contributed by atoms with Crippen LogP contribution in [0.25, 0.3) is 16.7 Å². The van der Waals surface area contributed by atoms with Gasteiger partial charge in [-0.1, -0.05) is 54.6 Å². The molecule has 5 rings (SSSR count). The Morgan fingerprint density at radius 2 is 1.67 bits per heavy atom. The molecule has 204 valence electrons. The van der Waals surface area contributed by atoms with Crippen molar-refractivity contribution in [3.63, 3.8) is 0 Å². The van der Waals surface area contributed by atoms with E-state index < -0.39 is 0 Å². The minimum absolute atomic E-state index is 0.130. The summed E-state index contributed by atoms with van der Waals surface area (Å²) in [5, 5.41) is 3.45. The maximum absolute atomic E-state index is 14.2. The molecule has 1 amide bonds.